The lowest BCUT2D eigenvalue weighted by molar-refractivity contribution is -0.394. The molecule has 2 N–H and O–H groups in total. The second-order valence-corrected chi connectivity index (χ2v) is 3.81. The Morgan fingerprint density at radius 1 is 1.21 bits per heavy atom. The first kappa shape index (κ1) is 12.5. The molecule has 1 aromatic heterocycles. The predicted octanol–water partition coefficient (Wildman–Crippen LogP) is 1.58. The molecule has 98 valence electrons. The first-order chi connectivity index (χ1) is 8.90. The zero-order chi connectivity index (χ0) is 14.2. The Hall–Kier alpha value is -2.97. The molecule has 0 fully saturated rings. The molecule has 9 heteroatoms. The number of non-ortho nitro benzene ring substituents is 1. The lowest BCUT2D eigenvalue weighted by Gasteiger charge is -2.04. The van der Waals surface area contributed by atoms with Gasteiger partial charge in [-0.05, 0) is 13.0 Å². The zero-order valence-electron chi connectivity index (χ0n) is 9.81. The number of nitro groups is 2. The average molecular weight is 263 g/mol. The quantitative estimate of drug-likeness (QED) is 0.660. The standard InChI is InChI=1S/C10H9N5O4/c1-6-4-10(11)12-13(6)8-3-2-7(14(16)17)5-9(8)15(18)19/h2-5H,1H3,(H2,11,12). The van der Waals surface area contributed by atoms with Gasteiger partial charge in [-0.1, -0.05) is 0 Å². The fourth-order valence-electron chi connectivity index (χ4n) is 1.69. The second-order valence-electron chi connectivity index (χ2n) is 3.81. The molecule has 0 radical (unpaired) electrons. The van der Waals surface area contributed by atoms with E-state index in [2.05, 4.69) is 5.10 Å². The molecule has 0 aliphatic carbocycles. The van der Waals surface area contributed by atoms with Crippen molar-refractivity contribution in [3.05, 3.63) is 50.2 Å². The van der Waals surface area contributed by atoms with Crippen molar-refractivity contribution in [1.29, 1.82) is 0 Å². The number of hydrogen-bond donors (Lipinski definition) is 1. The lowest BCUT2D eigenvalue weighted by Crippen LogP contribution is -2.04. The molecule has 0 aliphatic heterocycles. The Kier molecular flexibility index (Phi) is 2.87. The number of nitrogens with two attached hydrogens (primary N) is 1. The van der Waals surface area contributed by atoms with Crippen LogP contribution in [0.25, 0.3) is 5.69 Å². The van der Waals surface area contributed by atoms with Gasteiger partial charge in [-0.3, -0.25) is 20.2 Å². The Labute approximate surface area is 106 Å². The van der Waals surface area contributed by atoms with Crippen LogP contribution in [0, 0.1) is 27.2 Å². The largest absolute Gasteiger partial charge is 0.382 e. The van der Waals surface area contributed by atoms with E-state index < -0.39 is 15.5 Å². The third-order valence-electron chi connectivity index (χ3n) is 2.50. The van der Waals surface area contributed by atoms with Gasteiger partial charge in [0.1, 0.15) is 11.5 Å². The van der Waals surface area contributed by atoms with Gasteiger partial charge in [0.25, 0.3) is 5.69 Å². The van der Waals surface area contributed by atoms with Crippen LogP contribution in [-0.4, -0.2) is 19.6 Å². The summed E-state index contributed by atoms with van der Waals surface area (Å²) >= 11 is 0. The number of aromatic nitrogens is 2. The summed E-state index contributed by atoms with van der Waals surface area (Å²) in [6, 6.07) is 4.90. The molecule has 0 bridgehead atoms. The Morgan fingerprint density at radius 2 is 1.89 bits per heavy atom. The monoisotopic (exact) mass is 263 g/mol. The van der Waals surface area contributed by atoms with Crippen molar-refractivity contribution < 1.29 is 9.85 Å². The maximum atomic E-state index is 11.0. The van der Waals surface area contributed by atoms with Crippen LogP contribution in [0.4, 0.5) is 17.2 Å². The van der Waals surface area contributed by atoms with E-state index in [0.29, 0.717) is 5.69 Å². The molecule has 0 spiro atoms. The number of nitrogens with zero attached hydrogens (tertiary/aromatic N) is 4. The fourth-order valence-corrected chi connectivity index (χ4v) is 1.69. The highest BCUT2D eigenvalue weighted by atomic mass is 16.6. The van der Waals surface area contributed by atoms with Crippen LogP contribution in [0.2, 0.25) is 0 Å². The first-order valence-corrected chi connectivity index (χ1v) is 5.15. The Morgan fingerprint density at radius 3 is 2.37 bits per heavy atom. The minimum atomic E-state index is -0.695. The molecule has 0 unspecified atom stereocenters. The van der Waals surface area contributed by atoms with Crippen LogP contribution < -0.4 is 5.73 Å². The Bertz CT molecular complexity index is 679. The van der Waals surface area contributed by atoms with Crippen molar-refractivity contribution in [2.75, 3.05) is 5.73 Å². The van der Waals surface area contributed by atoms with Crippen molar-refractivity contribution in [2.45, 2.75) is 6.92 Å². The van der Waals surface area contributed by atoms with Crippen LogP contribution in [0.15, 0.2) is 24.3 Å². The number of aryl methyl sites for hydroxylation is 1. The molecule has 1 heterocycles. The third kappa shape index (κ3) is 2.20. The minimum absolute atomic E-state index is 0.129. The first-order valence-electron chi connectivity index (χ1n) is 5.15. The van der Waals surface area contributed by atoms with E-state index >= 15 is 0 Å². The van der Waals surface area contributed by atoms with E-state index in [1.54, 1.807) is 13.0 Å². The smallest absolute Gasteiger partial charge is 0.301 e. The highest BCUT2D eigenvalue weighted by molar-refractivity contribution is 5.58. The summed E-state index contributed by atoms with van der Waals surface area (Å²) in [5.41, 5.74) is 5.48. The van der Waals surface area contributed by atoms with E-state index in [4.69, 9.17) is 5.73 Å². The van der Waals surface area contributed by atoms with E-state index in [9.17, 15) is 20.2 Å². The highest BCUT2D eigenvalue weighted by Gasteiger charge is 2.22. The molecule has 0 aliphatic rings. The van der Waals surface area contributed by atoms with Crippen LogP contribution in [0.5, 0.6) is 0 Å². The molecule has 1 aromatic carbocycles. The van der Waals surface area contributed by atoms with Gasteiger partial charge in [-0.2, -0.15) is 5.10 Å². The average Bonchev–Trinajstić information content (AvgIpc) is 2.67. The third-order valence-corrected chi connectivity index (χ3v) is 2.50. The Balaban J connectivity index is 2.66. The molecule has 19 heavy (non-hydrogen) atoms. The summed E-state index contributed by atoms with van der Waals surface area (Å²) in [7, 11) is 0. The van der Waals surface area contributed by atoms with Gasteiger partial charge in [0, 0.05) is 17.8 Å². The van der Waals surface area contributed by atoms with E-state index in [-0.39, 0.29) is 17.2 Å². The van der Waals surface area contributed by atoms with Gasteiger partial charge in [0.2, 0.25) is 0 Å². The number of rotatable bonds is 3. The number of nitrogen functional groups attached to an aromatic ring is 1. The van der Waals surface area contributed by atoms with E-state index in [1.165, 1.54) is 16.8 Å². The van der Waals surface area contributed by atoms with Crippen LogP contribution in [0.3, 0.4) is 0 Å². The normalized spacial score (nSPS) is 10.4. The van der Waals surface area contributed by atoms with E-state index in [1.807, 2.05) is 0 Å². The van der Waals surface area contributed by atoms with Crippen LogP contribution >= 0.6 is 0 Å². The number of anilines is 1. The molecular weight excluding hydrogens is 254 g/mol. The van der Waals surface area contributed by atoms with Crippen molar-refractivity contribution in [1.82, 2.24) is 9.78 Å². The van der Waals surface area contributed by atoms with Crippen LogP contribution in [0.1, 0.15) is 5.69 Å². The second kappa shape index (κ2) is 4.37. The summed E-state index contributed by atoms with van der Waals surface area (Å²) < 4.78 is 1.27. The minimum Gasteiger partial charge on any atom is -0.382 e. The molecular formula is C10H9N5O4. The van der Waals surface area contributed by atoms with Crippen LogP contribution in [-0.2, 0) is 0 Å². The molecule has 0 amide bonds. The van der Waals surface area contributed by atoms with Crippen molar-refractivity contribution in [3.63, 3.8) is 0 Å². The molecule has 0 saturated carbocycles. The molecule has 0 atom stereocenters. The van der Waals surface area contributed by atoms with Gasteiger partial charge >= 0.3 is 5.69 Å². The van der Waals surface area contributed by atoms with Gasteiger partial charge in [-0.25, -0.2) is 4.68 Å². The maximum absolute atomic E-state index is 11.0. The predicted molar refractivity (Wildman–Crippen MR) is 66.0 cm³/mol. The summed E-state index contributed by atoms with van der Waals surface area (Å²) in [5, 5.41) is 25.6. The molecule has 9 nitrogen and oxygen atoms in total. The SMILES string of the molecule is Cc1cc(N)nn1-c1ccc([N+](=O)[O-])cc1[N+](=O)[O-]. The van der Waals surface area contributed by atoms with Crippen molar-refractivity contribution in [2.24, 2.45) is 0 Å². The summed E-state index contributed by atoms with van der Waals surface area (Å²) in [4.78, 5) is 20.2. The molecule has 2 aromatic rings. The fraction of sp³-hybridized carbons (Fsp3) is 0.100. The number of hydrogen-bond acceptors (Lipinski definition) is 6. The maximum Gasteiger partial charge on any atom is 0.301 e. The van der Waals surface area contributed by atoms with E-state index in [0.717, 1.165) is 6.07 Å². The van der Waals surface area contributed by atoms with Gasteiger partial charge < -0.3 is 5.73 Å². The summed E-state index contributed by atoms with van der Waals surface area (Å²) in [6.07, 6.45) is 0. The summed E-state index contributed by atoms with van der Waals surface area (Å²) in [6.45, 7) is 1.68. The zero-order valence-corrected chi connectivity index (χ0v) is 9.81. The van der Waals surface area contributed by atoms with Gasteiger partial charge in [0.05, 0.1) is 15.9 Å². The molecule has 0 saturated heterocycles. The number of nitro benzene ring substituents is 2. The molecule has 2 rings (SSSR count). The lowest BCUT2D eigenvalue weighted by atomic mass is 10.2. The van der Waals surface area contributed by atoms with Gasteiger partial charge in [0.15, 0.2) is 0 Å². The van der Waals surface area contributed by atoms with Crippen molar-refractivity contribution >= 4 is 17.2 Å². The van der Waals surface area contributed by atoms with Crippen molar-refractivity contribution in [3.8, 4) is 5.69 Å². The topological polar surface area (TPSA) is 130 Å². The highest BCUT2D eigenvalue weighted by Crippen LogP contribution is 2.28. The summed E-state index contributed by atoms with van der Waals surface area (Å²) in [5.74, 6) is 0.213. The van der Waals surface area contributed by atoms with Gasteiger partial charge in [-0.15, -0.1) is 0 Å². The number of benzene rings is 1.